The Labute approximate surface area is 216 Å². The van der Waals surface area contributed by atoms with Gasteiger partial charge in [-0.25, -0.2) is 19.9 Å². The van der Waals surface area contributed by atoms with Crippen molar-refractivity contribution >= 4 is 57.9 Å². The number of rotatable bonds is 7. The summed E-state index contributed by atoms with van der Waals surface area (Å²) >= 11 is 12.7. The molecule has 0 spiro atoms. The largest absolute Gasteiger partial charge is 0.418 e. The molecule has 0 aromatic carbocycles. The van der Waals surface area contributed by atoms with Gasteiger partial charge in [-0.05, 0) is 19.9 Å². The number of nitrogens with one attached hydrogen (secondary N) is 2. The first-order valence-electron chi connectivity index (χ1n) is 9.94. The van der Waals surface area contributed by atoms with Gasteiger partial charge in [-0.1, -0.05) is 29.3 Å². The molecule has 188 valence electrons. The number of allylic oxidation sites excluding steroid dienone is 1. The van der Waals surface area contributed by atoms with E-state index >= 15 is 0 Å². The van der Waals surface area contributed by atoms with Gasteiger partial charge in [-0.2, -0.15) is 13.2 Å². The number of carbonyl (C=O) groups excluding carboxylic acids is 2. The van der Waals surface area contributed by atoms with Gasteiger partial charge >= 0.3 is 6.18 Å². The van der Waals surface area contributed by atoms with E-state index in [2.05, 4.69) is 35.6 Å². The van der Waals surface area contributed by atoms with Crippen molar-refractivity contribution in [1.82, 2.24) is 25.3 Å². The fraction of sp³-hybridized carbons (Fsp3) is 0.190. The summed E-state index contributed by atoms with van der Waals surface area (Å²) in [6.07, 6.45) is 1.78. The average Bonchev–Trinajstić information content (AvgIpc) is 3.31. The average molecular weight is 558 g/mol. The van der Waals surface area contributed by atoms with Crippen LogP contribution in [0.4, 0.5) is 19.0 Å². The highest BCUT2D eigenvalue weighted by Crippen LogP contribution is 2.35. The third-order valence-corrected chi connectivity index (χ3v) is 6.00. The molecule has 9 nitrogen and oxygen atoms in total. The number of carbonyl (C=O) groups is 2. The number of hydrogen-bond acceptors (Lipinski definition) is 8. The van der Waals surface area contributed by atoms with Crippen LogP contribution in [0.3, 0.4) is 0 Å². The van der Waals surface area contributed by atoms with E-state index in [1.54, 1.807) is 26.1 Å². The Morgan fingerprint density at radius 3 is 2.53 bits per heavy atom. The van der Waals surface area contributed by atoms with E-state index in [9.17, 15) is 22.8 Å². The summed E-state index contributed by atoms with van der Waals surface area (Å²) in [5.41, 5.74) is -0.409. The van der Waals surface area contributed by atoms with E-state index in [1.807, 2.05) is 0 Å². The molecule has 0 saturated heterocycles. The van der Waals surface area contributed by atoms with Crippen molar-refractivity contribution in [2.75, 3.05) is 5.32 Å². The van der Waals surface area contributed by atoms with Gasteiger partial charge < -0.3 is 10.6 Å². The molecule has 0 aliphatic rings. The number of aliphatic imine (C=N–C) groups is 1. The lowest BCUT2D eigenvalue weighted by atomic mass is 10.2. The first-order chi connectivity index (χ1) is 17.0. The summed E-state index contributed by atoms with van der Waals surface area (Å²) in [6.45, 7) is 3.42. The van der Waals surface area contributed by atoms with Crippen molar-refractivity contribution in [2.45, 2.75) is 26.6 Å². The molecule has 3 aromatic rings. The van der Waals surface area contributed by atoms with Crippen molar-refractivity contribution in [3.05, 3.63) is 73.9 Å². The van der Waals surface area contributed by atoms with Crippen molar-refractivity contribution in [3.63, 3.8) is 0 Å². The molecule has 2 amide bonds. The monoisotopic (exact) mass is 557 g/mol. The zero-order chi connectivity index (χ0) is 26.5. The van der Waals surface area contributed by atoms with Gasteiger partial charge in [-0.3, -0.25) is 14.6 Å². The van der Waals surface area contributed by atoms with E-state index < -0.39 is 28.6 Å². The highest BCUT2D eigenvalue weighted by atomic mass is 35.5. The summed E-state index contributed by atoms with van der Waals surface area (Å²) < 4.78 is 39.0. The highest BCUT2D eigenvalue weighted by Gasteiger charge is 2.34. The Balaban J connectivity index is 1.66. The van der Waals surface area contributed by atoms with Gasteiger partial charge in [0, 0.05) is 12.4 Å². The summed E-state index contributed by atoms with van der Waals surface area (Å²) in [5, 5.41) is 4.64. The van der Waals surface area contributed by atoms with Gasteiger partial charge in [0.05, 0.1) is 34.1 Å². The van der Waals surface area contributed by atoms with Gasteiger partial charge in [-0.15, -0.1) is 11.3 Å². The summed E-state index contributed by atoms with van der Waals surface area (Å²) in [4.78, 5) is 45.0. The molecular weight excluding hydrogens is 542 g/mol. The molecule has 15 heteroatoms. The third kappa shape index (κ3) is 6.62. The summed E-state index contributed by atoms with van der Waals surface area (Å²) in [5.74, 6) is -1.66. The number of amides is 2. The van der Waals surface area contributed by atoms with E-state index in [-0.39, 0.29) is 28.0 Å². The Morgan fingerprint density at radius 2 is 1.83 bits per heavy atom. The van der Waals surface area contributed by atoms with Crippen LogP contribution in [0.5, 0.6) is 0 Å². The lowest BCUT2D eigenvalue weighted by Crippen LogP contribution is -2.25. The maximum atomic E-state index is 13.0. The molecule has 0 aliphatic heterocycles. The summed E-state index contributed by atoms with van der Waals surface area (Å²) in [6, 6.07) is 0.632. The molecule has 0 atom stereocenters. The van der Waals surface area contributed by atoms with Crippen LogP contribution >= 0.6 is 34.5 Å². The smallest absolute Gasteiger partial charge is 0.344 e. The van der Waals surface area contributed by atoms with E-state index in [0.717, 1.165) is 17.5 Å². The fourth-order valence-electron chi connectivity index (χ4n) is 2.67. The van der Waals surface area contributed by atoms with Gasteiger partial charge in [0.25, 0.3) is 11.8 Å². The standard InChI is InChI=1S/C21H16Cl2F3N7O2S/c1-3-4-27-10(2)17-16(23)18(32-9-31-17)20(35)30-8-15-29-7-13(36-15)19(34)33-14-5-11(21(24,25)26)12(22)6-28-14/h3-7,9H,8H2,1-2H3,(H,30,35)(H,28,33,34)/b4-3-,27-10?. The number of hydrogen-bond donors (Lipinski definition) is 2. The second-order valence-electron chi connectivity index (χ2n) is 6.88. The lowest BCUT2D eigenvalue weighted by Gasteiger charge is -2.10. The van der Waals surface area contributed by atoms with E-state index in [1.165, 1.54) is 12.5 Å². The predicted molar refractivity (Wildman–Crippen MR) is 130 cm³/mol. The summed E-state index contributed by atoms with van der Waals surface area (Å²) in [7, 11) is 0. The third-order valence-electron chi connectivity index (χ3n) is 4.34. The van der Waals surface area contributed by atoms with Crippen molar-refractivity contribution in [1.29, 1.82) is 0 Å². The normalized spacial score (nSPS) is 12.1. The number of nitrogens with zero attached hydrogens (tertiary/aromatic N) is 5. The van der Waals surface area contributed by atoms with Crippen molar-refractivity contribution in [3.8, 4) is 0 Å². The fourth-order valence-corrected chi connectivity index (χ4v) is 3.95. The van der Waals surface area contributed by atoms with Crippen molar-refractivity contribution in [2.24, 2.45) is 4.99 Å². The maximum Gasteiger partial charge on any atom is 0.418 e. The van der Waals surface area contributed by atoms with Gasteiger partial charge in [0.1, 0.15) is 27.7 Å². The molecular formula is C21H16Cl2F3N7O2S. The van der Waals surface area contributed by atoms with Crippen LogP contribution in [-0.4, -0.2) is 37.5 Å². The molecule has 3 rings (SSSR count). The predicted octanol–water partition coefficient (Wildman–Crippen LogP) is 5.18. The molecule has 0 unspecified atom stereocenters. The molecule has 0 fully saturated rings. The minimum absolute atomic E-state index is 0.0219. The molecule has 2 N–H and O–H groups in total. The molecule has 0 aliphatic carbocycles. The number of thiazole rings is 1. The van der Waals surface area contributed by atoms with Crippen LogP contribution in [0.1, 0.15) is 50.3 Å². The van der Waals surface area contributed by atoms with Crippen LogP contribution in [-0.2, 0) is 12.7 Å². The minimum Gasteiger partial charge on any atom is -0.344 e. The van der Waals surface area contributed by atoms with Crippen molar-refractivity contribution < 1.29 is 22.8 Å². The van der Waals surface area contributed by atoms with E-state index in [4.69, 9.17) is 23.2 Å². The van der Waals surface area contributed by atoms with Crippen LogP contribution in [0.2, 0.25) is 10.0 Å². The van der Waals surface area contributed by atoms with Crippen LogP contribution in [0, 0.1) is 0 Å². The first-order valence-corrected chi connectivity index (χ1v) is 11.5. The topological polar surface area (TPSA) is 122 Å². The Kier molecular flexibility index (Phi) is 8.71. The first kappa shape index (κ1) is 27.2. The SMILES string of the molecule is C/C=C\N=C(C)c1ncnc(C(=O)NCc2ncc(C(=O)Nc3cc(C(F)(F)F)c(Cl)cn3)s2)c1Cl. The Bertz CT molecular complexity index is 1360. The number of alkyl halides is 3. The molecule has 3 aromatic heterocycles. The number of aromatic nitrogens is 4. The highest BCUT2D eigenvalue weighted by molar-refractivity contribution is 7.13. The zero-order valence-electron chi connectivity index (χ0n) is 18.5. The number of halogens is 5. The second-order valence-corrected chi connectivity index (χ2v) is 8.78. The maximum absolute atomic E-state index is 13.0. The number of pyridine rings is 1. The Morgan fingerprint density at radius 1 is 1.11 bits per heavy atom. The molecule has 0 saturated carbocycles. The second kappa shape index (κ2) is 11.5. The zero-order valence-corrected chi connectivity index (χ0v) is 20.9. The van der Waals surface area contributed by atoms with Crippen LogP contribution < -0.4 is 10.6 Å². The molecule has 0 bridgehead atoms. The Hall–Kier alpha value is -3.42. The minimum atomic E-state index is -4.71. The van der Waals surface area contributed by atoms with E-state index in [0.29, 0.717) is 22.5 Å². The number of anilines is 1. The van der Waals surface area contributed by atoms with Crippen LogP contribution in [0.15, 0.2) is 42.1 Å². The lowest BCUT2D eigenvalue weighted by molar-refractivity contribution is -0.137. The molecule has 3 heterocycles. The van der Waals surface area contributed by atoms with Gasteiger partial charge in [0.15, 0.2) is 5.69 Å². The van der Waals surface area contributed by atoms with Gasteiger partial charge in [0.2, 0.25) is 0 Å². The quantitative estimate of drug-likeness (QED) is 0.386. The van der Waals surface area contributed by atoms with Crippen LogP contribution in [0.25, 0.3) is 0 Å². The molecule has 0 radical (unpaired) electrons. The molecule has 36 heavy (non-hydrogen) atoms.